The zero-order valence-corrected chi connectivity index (χ0v) is 12.9. The van der Waals surface area contributed by atoms with Gasteiger partial charge in [-0.15, -0.1) is 11.3 Å². The molecule has 3 nitrogen and oxygen atoms in total. The summed E-state index contributed by atoms with van der Waals surface area (Å²) in [5.74, 6) is 0.900. The fraction of sp³-hybridized carbons (Fsp3) is 0.267. The number of nitrogens with zero attached hydrogens (tertiary/aromatic N) is 1. The van der Waals surface area contributed by atoms with Crippen molar-refractivity contribution < 1.29 is 4.42 Å². The standard InChI is InChI=1S/C15H15ClN2OS/c1-3-17-14(15-9(2)18-8-20-15)13-7-10-6-11(16)4-5-12(10)19-13/h4-8,14,17H,3H2,1-2H3. The highest BCUT2D eigenvalue weighted by molar-refractivity contribution is 7.09. The molecular formula is C15H15ClN2OS. The SMILES string of the molecule is CCNC(c1cc2cc(Cl)ccc2o1)c1scnc1C. The van der Waals surface area contributed by atoms with E-state index < -0.39 is 0 Å². The number of rotatable bonds is 4. The molecule has 2 heterocycles. The fourth-order valence-electron chi connectivity index (χ4n) is 2.29. The molecule has 0 spiro atoms. The Hall–Kier alpha value is -1.36. The van der Waals surface area contributed by atoms with Crippen LogP contribution < -0.4 is 5.32 Å². The lowest BCUT2D eigenvalue weighted by atomic mass is 10.1. The topological polar surface area (TPSA) is 38.1 Å². The van der Waals surface area contributed by atoms with Gasteiger partial charge in [-0.2, -0.15) is 0 Å². The van der Waals surface area contributed by atoms with Crippen LogP contribution in [-0.4, -0.2) is 11.5 Å². The van der Waals surface area contributed by atoms with E-state index in [4.69, 9.17) is 16.0 Å². The molecule has 0 amide bonds. The predicted molar refractivity (Wildman–Crippen MR) is 83.6 cm³/mol. The molecule has 1 aromatic carbocycles. The van der Waals surface area contributed by atoms with Crippen molar-refractivity contribution in [2.45, 2.75) is 19.9 Å². The fourth-order valence-corrected chi connectivity index (χ4v) is 3.36. The van der Waals surface area contributed by atoms with Crippen LogP contribution in [0.3, 0.4) is 0 Å². The molecule has 1 unspecified atom stereocenters. The van der Waals surface area contributed by atoms with Crippen LogP contribution in [0.15, 0.2) is 34.2 Å². The highest BCUT2D eigenvalue weighted by Crippen LogP contribution is 2.32. The quantitative estimate of drug-likeness (QED) is 0.768. The number of aryl methyl sites for hydroxylation is 1. The van der Waals surface area contributed by atoms with Crippen molar-refractivity contribution in [3.8, 4) is 0 Å². The Labute approximate surface area is 126 Å². The summed E-state index contributed by atoms with van der Waals surface area (Å²) in [7, 11) is 0. The number of aromatic nitrogens is 1. The number of hydrogen-bond donors (Lipinski definition) is 1. The van der Waals surface area contributed by atoms with Gasteiger partial charge in [-0.25, -0.2) is 4.98 Å². The molecule has 0 aliphatic rings. The van der Waals surface area contributed by atoms with E-state index in [-0.39, 0.29) is 6.04 Å². The average Bonchev–Trinajstić information content (AvgIpc) is 3.01. The maximum Gasteiger partial charge on any atom is 0.134 e. The molecule has 20 heavy (non-hydrogen) atoms. The molecule has 2 aromatic heterocycles. The van der Waals surface area contributed by atoms with Crippen molar-refractivity contribution >= 4 is 33.9 Å². The van der Waals surface area contributed by atoms with Crippen molar-refractivity contribution in [3.05, 3.63) is 51.1 Å². The minimum absolute atomic E-state index is 0.0404. The third-order valence-electron chi connectivity index (χ3n) is 3.23. The Morgan fingerprint density at radius 3 is 2.95 bits per heavy atom. The van der Waals surface area contributed by atoms with E-state index in [2.05, 4.69) is 17.2 Å². The number of furan rings is 1. The van der Waals surface area contributed by atoms with Crippen molar-refractivity contribution in [1.29, 1.82) is 0 Å². The lowest BCUT2D eigenvalue weighted by Gasteiger charge is -2.14. The second-order valence-electron chi connectivity index (χ2n) is 4.62. The summed E-state index contributed by atoms with van der Waals surface area (Å²) in [6.45, 7) is 4.97. The molecular weight excluding hydrogens is 292 g/mol. The molecule has 0 saturated carbocycles. The van der Waals surface area contributed by atoms with Crippen LogP contribution in [0.2, 0.25) is 5.02 Å². The Bertz CT molecular complexity index is 734. The average molecular weight is 307 g/mol. The monoisotopic (exact) mass is 306 g/mol. The van der Waals surface area contributed by atoms with Gasteiger partial charge >= 0.3 is 0 Å². The highest BCUT2D eigenvalue weighted by atomic mass is 35.5. The summed E-state index contributed by atoms with van der Waals surface area (Å²) >= 11 is 7.67. The van der Waals surface area contributed by atoms with Gasteiger partial charge in [0.15, 0.2) is 0 Å². The second kappa shape index (κ2) is 5.56. The van der Waals surface area contributed by atoms with Crippen LogP contribution in [-0.2, 0) is 0 Å². The van der Waals surface area contributed by atoms with Crippen LogP contribution >= 0.6 is 22.9 Å². The van der Waals surface area contributed by atoms with Crippen LogP contribution in [0.25, 0.3) is 11.0 Å². The number of benzene rings is 1. The maximum atomic E-state index is 6.03. The maximum absolute atomic E-state index is 6.03. The molecule has 0 fully saturated rings. The smallest absolute Gasteiger partial charge is 0.134 e. The summed E-state index contributed by atoms with van der Waals surface area (Å²) in [6.07, 6.45) is 0. The minimum atomic E-state index is 0.0404. The third kappa shape index (κ3) is 2.46. The summed E-state index contributed by atoms with van der Waals surface area (Å²) < 4.78 is 5.97. The van der Waals surface area contributed by atoms with Gasteiger partial charge in [0, 0.05) is 10.4 Å². The van der Waals surface area contributed by atoms with Crippen LogP contribution in [0.1, 0.15) is 29.3 Å². The number of hydrogen-bond acceptors (Lipinski definition) is 4. The molecule has 3 aromatic rings. The van der Waals surface area contributed by atoms with Crippen LogP contribution in [0.5, 0.6) is 0 Å². The van der Waals surface area contributed by atoms with E-state index in [1.54, 1.807) is 11.3 Å². The van der Waals surface area contributed by atoms with Crippen molar-refractivity contribution in [2.24, 2.45) is 0 Å². The van der Waals surface area contributed by atoms with Gasteiger partial charge in [0.2, 0.25) is 0 Å². The van der Waals surface area contributed by atoms with E-state index in [1.165, 1.54) is 4.88 Å². The Balaban J connectivity index is 2.07. The molecule has 0 radical (unpaired) electrons. The van der Waals surface area contributed by atoms with E-state index in [0.717, 1.165) is 34.0 Å². The largest absolute Gasteiger partial charge is 0.459 e. The number of halogens is 1. The summed E-state index contributed by atoms with van der Waals surface area (Å²) in [6, 6.07) is 7.76. The molecule has 0 aliphatic carbocycles. The van der Waals surface area contributed by atoms with Gasteiger partial charge in [0.05, 0.1) is 16.1 Å². The first-order valence-corrected chi connectivity index (χ1v) is 7.77. The lowest BCUT2D eigenvalue weighted by molar-refractivity contribution is 0.479. The van der Waals surface area contributed by atoms with Crippen molar-refractivity contribution in [2.75, 3.05) is 6.54 Å². The summed E-state index contributed by atoms with van der Waals surface area (Å²) in [5.41, 5.74) is 3.77. The molecule has 104 valence electrons. The first kappa shape index (κ1) is 13.6. The molecule has 1 N–H and O–H groups in total. The zero-order chi connectivity index (χ0) is 14.1. The van der Waals surface area contributed by atoms with Crippen LogP contribution in [0.4, 0.5) is 0 Å². The number of thiazole rings is 1. The van der Waals surface area contributed by atoms with Gasteiger partial charge in [-0.1, -0.05) is 18.5 Å². The van der Waals surface area contributed by atoms with E-state index >= 15 is 0 Å². The molecule has 0 bridgehead atoms. The molecule has 0 saturated heterocycles. The zero-order valence-electron chi connectivity index (χ0n) is 11.3. The normalized spacial score (nSPS) is 12.9. The first-order chi connectivity index (χ1) is 9.69. The molecule has 3 rings (SSSR count). The van der Waals surface area contributed by atoms with E-state index in [0.29, 0.717) is 0 Å². The Morgan fingerprint density at radius 1 is 1.40 bits per heavy atom. The van der Waals surface area contributed by atoms with Gasteiger partial charge in [-0.05, 0) is 37.7 Å². The second-order valence-corrected chi connectivity index (χ2v) is 5.95. The van der Waals surface area contributed by atoms with E-state index in [1.807, 2.05) is 36.7 Å². The molecule has 5 heteroatoms. The van der Waals surface area contributed by atoms with Gasteiger partial charge in [0.1, 0.15) is 17.4 Å². The van der Waals surface area contributed by atoms with Crippen molar-refractivity contribution in [3.63, 3.8) is 0 Å². The minimum Gasteiger partial charge on any atom is -0.459 e. The first-order valence-electron chi connectivity index (χ1n) is 6.51. The van der Waals surface area contributed by atoms with Gasteiger partial charge < -0.3 is 9.73 Å². The summed E-state index contributed by atoms with van der Waals surface area (Å²) in [4.78, 5) is 5.52. The lowest BCUT2D eigenvalue weighted by Crippen LogP contribution is -2.21. The Morgan fingerprint density at radius 2 is 2.25 bits per heavy atom. The molecule has 1 atom stereocenters. The molecule has 0 aliphatic heterocycles. The van der Waals surface area contributed by atoms with Gasteiger partial charge in [0.25, 0.3) is 0 Å². The van der Waals surface area contributed by atoms with Crippen LogP contribution in [0, 0.1) is 6.92 Å². The number of nitrogens with one attached hydrogen (secondary N) is 1. The Kier molecular flexibility index (Phi) is 3.78. The van der Waals surface area contributed by atoms with Gasteiger partial charge in [-0.3, -0.25) is 0 Å². The summed E-state index contributed by atoms with van der Waals surface area (Å²) in [5, 5.41) is 5.21. The van der Waals surface area contributed by atoms with E-state index in [9.17, 15) is 0 Å². The highest BCUT2D eigenvalue weighted by Gasteiger charge is 2.21. The van der Waals surface area contributed by atoms with Crippen molar-refractivity contribution in [1.82, 2.24) is 10.3 Å². The number of fused-ring (bicyclic) bond motifs is 1. The predicted octanol–water partition coefficient (Wildman–Crippen LogP) is 4.55. The third-order valence-corrected chi connectivity index (χ3v) is 4.47.